The molecule has 116 valence electrons. The lowest BCUT2D eigenvalue weighted by molar-refractivity contribution is -0.148. The molecule has 21 heavy (non-hydrogen) atoms. The minimum Gasteiger partial charge on any atom is -0.468 e. The maximum atomic E-state index is 12.0. The van der Waals surface area contributed by atoms with Gasteiger partial charge < -0.3 is 10.1 Å². The number of hydrogen-bond donors (Lipinski definition) is 1. The Labute approximate surface area is 130 Å². The second-order valence-electron chi connectivity index (χ2n) is 5.61. The van der Waals surface area contributed by atoms with Crippen molar-refractivity contribution in [3.8, 4) is 0 Å². The van der Waals surface area contributed by atoms with Crippen molar-refractivity contribution in [1.29, 1.82) is 0 Å². The predicted molar refractivity (Wildman–Crippen MR) is 83.5 cm³/mol. The number of aryl methyl sites for hydroxylation is 2. The van der Waals surface area contributed by atoms with E-state index >= 15 is 0 Å². The van der Waals surface area contributed by atoms with Gasteiger partial charge in [0.15, 0.2) is 5.16 Å². The van der Waals surface area contributed by atoms with E-state index in [9.17, 15) is 4.79 Å². The SMILES string of the molecule is CNC1(C(=O)OC)CCC(Sc2nc(C)c(C)c(C)n2)C1. The monoisotopic (exact) mass is 309 g/mol. The second-order valence-corrected chi connectivity index (χ2v) is 6.88. The first-order valence-electron chi connectivity index (χ1n) is 7.17. The van der Waals surface area contributed by atoms with Crippen LogP contribution >= 0.6 is 11.8 Å². The zero-order valence-corrected chi connectivity index (χ0v) is 14.1. The van der Waals surface area contributed by atoms with E-state index in [-0.39, 0.29) is 5.97 Å². The van der Waals surface area contributed by atoms with E-state index in [1.54, 1.807) is 11.8 Å². The Morgan fingerprint density at radius 1 is 1.33 bits per heavy atom. The third-order valence-corrected chi connectivity index (χ3v) is 5.54. The smallest absolute Gasteiger partial charge is 0.326 e. The Morgan fingerprint density at radius 3 is 2.48 bits per heavy atom. The van der Waals surface area contributed by atoms with Crippen LogP contribution in [-0.2, 0) is 9.53 Å². The van der Waals surface area contributed by atoms with E-state index in [0.29, 0.717) is 5.25 Å². The van der Waals surface area contributed by atoms with E-state index in [2.05, 4.69) is 15.3 Å². The highest BCUT2D eigenvalue weighted by atomic mass is 32.2. The Hall–Kier alpha value is -1.14. The number of nitrogens with zero attached hydrogens (tertiary/aromatic N) is 2. The zero-order valence-electron chi connectivity index (χ0n) is 13.3. The summed E-state index contributed by atoms with van der Waals surface area (Å²) in [6, 6.07) is 0. The molecule has 0 aromatic carbocycles. The summed E-state index contributed by atoms with van der Waals surface area (Å²) in [5.41, 5.74) is 2.64. The number of carbonyl (C=O) groups is 1. The number of nitrogens with one attached hydrogen (secondary N) is 1. The normalized spacial score (nSPS) is 25.1. The summed E-state index contributed by atoms with van der Waals surface area (Å²) in [6.07, 6.45) is 2.49. The number of esters is 1. The average molecular weight is 309 g/mol. The molecule has 6 heteroatoms. The molecule has 0 amide bonds. The molecule has 0 bridgehead atoms. The van der Waals surface area contributed by atoms with Crippen molar-refractivity contribution < 1.29 is 9.53 Å². The summed E-state index contributed by atoms with van der Waals surface area (Å²) >= 11 is 1.66. The molecule has 1 N–H and O–H groups in total. The van der Waals surface area contributed by atoms with Gasteiger partial charge in [0.05, 0.1) is 7.11 Å². The van der Waals surface area contributed by atoms with Gasteiger partial charge in [-0.15, -0.1) is 0 Å². The van der Waals surface area contributed by atoms with Gasteiger partial charge in [-0.05, 0) is 52.6 Å². The number of aromatic nitrogens is 2. The Morgan fingerprint density at radius 2 is 1.95 bits per heavy atom. The molecule has 1 fully saturated rings. The number of thioether (sulfide) groups is 1. The third kappa shape index (κ3) is 3.21. The third-order valence-electron chi connectivity index (χ3n) is 4.41. The molecular formula is C15H23N3O2S. The first-order valence-corrected chi connectivity index (χ1v) is 8.05. The van der Waals surface area contributed by atoms with Crippen molar-refractivity contribution in [3.05, 3.63) is 17.0 Å². The molecule has 2 unspecified atom stereocenters. The molecule has 1 aliphatic carbocycles. The molecule has 0 saturated heterocycles. The standard InChI is InChI=1S/C15H23N3O2S/c1-9-10(2)17-14(18-11(9)3)21-12-6-7-15(8-12,16-4)13(19)20-5/h12,16H,6-8H2,1-5H3. The molecule has 2 atom stereocenters. The Balaban J connectivity index is 2.11. The fourth-order valence-corrected chi connectivity index (χ4v) is 4.03. The van der Waals surface area contributed by atoms with Crippen LogP contribution in [0.15, 0.2) is 5.16 Å². The summed E-state index contributed by atoms with van der Waals surface area (Å²) in [4.78, 5) is 21.1. The topological polar surface area (TPSA) is 64.1 Å². The highest BCUT2D eigenvalue weighted by Crippen LogP contribution is 2.40. The molecule has 5 nitrogen and oxygen atoms in total. The van der Waals surface area contributed by atoms with Crippen molar-refractivity contribution in [2.24, 2.45) is 0 Å². The van der Waals surface area contributed by atoms with Crippen LogP contribution in [0.1, 0.15) is 36.2 Å². The zero-order chi connectivity index (χ0) is 15.6. The lowest BCUT2D eigenvalue weighted by Crippen LogP contribution is -2.49. The van der Waals surface area contributed by atoms with Gasteiger partial charge in [0, 0.05) is 16.6 Å². The van der Waals surface area contributed by atoms with E-state index in [1.165, 1.54) is 7.11 Å². The van der Waals surface area contributed by atoms with Gasteiger partial charge in [0.2, 0.25) is 0 Å². The number of methoxy groups -OCH3 is 1. The molecule has 0 aliphatic heterocycles. The van der Waals surface area contributed by atoms with Crippen LogP contribution in [-0.4, -0.2) is 40.9 Å². The fraction of sp³-hybridized carbons (Fsp3) is 0.667. The molecule has 0 radical (unpaired) electrons. The fourth-order valence-electron chi connectivity index (χ4n) is 2.75. The van der Waals surface area contributed by atoms with Gasteiger partial charge in [-0.3, -0.25) is 4.79 Å². The van der Waals surface area contributed by atoms with Crippen molar-refractivity contribution in [3.63, 3.8) is 0 Å². The maximum absolute atomic E-state index is 12.0. The molecule has 2 rings (SSSR count). The highest BCUT2D eigenvalue weighted by molar-refractivity contribution is 7.99. The lowest BCUT2D eigenvalue weighted by Gasteiger charge is -2.25. The van der Waals surface area contributed by atoms with Crippen molar-refractivity contribution >= 4 is 17.7 Å². The van der Waals surface area contributed by atoms with Crippen LogP contribution in [0.2, 0.25) is 0 Å². The van der Waals surface area contributed by atoms with Crippen LogP contribution in [0.4, 0.5) is 0 Å². The molecule has 0 spiro atoms. The van der Waals surface area contributed by atoms with Crippen molar-refractivity contribution in [2.75, 3.05) is 14.2 Å². The molecule has 1 aromatic heterocycles. The van der Waals surface area contributed by atoms with Gasteiger partial charge in [0.25, 0.3) is 0 Å². The quantitative estimate of drug-likeness (QED) is 0.679. The molecule has 1 saturated carbocycles. The Kier molecular flexibility index (Phi) is 4.88. The number of carbonyl (C=O) groups excluding carboxylic acids is 1. The van der Waals surface area contributed by atoms with Gasteiger partial charge in [-0.1, -0.05) is 11.8 Å². The largest absolute Gasteiger partial charge is 0.468 e. The lowest BCUT2D eigenvalue weighted by atomic mass is 9.98. The predicted octanol–water partition coefficient (Wildman–Crippen LogP) is 2.18. The summed E-state index contributed by atoms with van der Waals surface area (Å²) in [6.45, 7) is 6.06. The maximum Gasteiger partial charge on any atom is 0.326 e. The number of hydrogen-bond acceptors (Lipinski definition) is 6. The van der Waals surface area contributed by atoms with Crippen LogP contribution in [0.3, 0.4) is 0 Å². The highest BCUT2D eigenvalue weighted by Gasteiger charge is 2.45. The summed E-state index contributed by atoms with van der Waals surface area (Å²) in [7, 11) is 3.26. The van der Waals surface area contributed by atoms with Crippen LogP contribution in [0, 0.1) is 20.8 Å². The average Bonchev–Trinajstić information content (AvgIpc) is 2.88. The minimum atomic E-state index is -0.554. The van der Waals surface area contributed by atoms with E-state index in [0.717, 1.165) is 41.4 Å². The molecular weight excluding hydrogens is 286 g/mol. The first-order chi connectivity index (χ1) is 9.91. The Bertz CT molecular complexity index is 527. The van der Waals surface area contributed by atoms with Gasteiger partial charge in [-0.25, -0.2) is 9.97 Å². The summed E-state index contributed by atoms with van der Waals surface area (Å²) < 4.78 is 4.94. The number of rotatable bonds is 4. The van der Waals surface area contributed by atoms with Crippen LogP contribution < -0.4 is 5.32 Å². The van der Waals surface area contributed by atoms with Gasteiger partial charge in [-0.2, -0.15) is 0 Å². The number of ether oxygens (including phenoxy) is 1. The minimum absolute atomic E-state index is 0.176. The molecule has 1 heterocycles. The van der Waals surface area contributed by atoms with E-state index in [1.807, 2.05) is 27.8 Å². The summed E-state index contributed by atoms with van der Waals surface area (Å²) in [5, 5.41) is 4.28. The van der Waals surface area contributed by atoms with Gasteiger partial charge in [0.1, 0.15) is 5.54 Å². The first kappa shape index (κ1) is 16.2. The number of likely N-dealkylation sites (N-methyl/N-ethyl adjacent to an activating group) is 1. The van der Waals surface area contributed by atoms with Gasteiger partial charge >= 0.3 is 5.97 Å². The molecule has 1 aromatic rings. The van der Waals surface area contributed by atoms with Crippen LogP contribution in [0.5, 0.6) is 0 Å². The van der Waals surface area contributed by atoms with Crippen molar-refractivity contribution in [1.82, 2.24) is 15.3 Å². The van der Waals surface area contributed by atoms with Crippen molar-refractivity contribution in [2.45, 2.75) is 56.0 Å². The summed E-state index contributed by atoms with van der Waals surface area (Å²) in [5.74, 6) is -0.176. The van der Waals surface area contributed by atoms with E-state index in [4.69, 9.17) is 4.74 Å². The van der Waals surface area contributed by atoms with Crippen LogP contribution in [0.25, 0.3) is 0 Å². The molecule has 1 aliphatic rings. The second kappa shape index (κ2) is 6.32. The van der Waals surface area contributed by atoms with E-state index < -0.39 is 5.54 Å².